The number of carbonyl (C=O) groups excluding carboxylic acids is 1. The van der Waals surface area contributed by atoms with Crippen molar-refractivity contribution in [2.75, 3.05) is 0 Å². The lowest BCUT2D eigenvalue weighted by Gasteiger charge is -2.22. The van der Waals surface area contributed by atoms with Gasteiger partial charge in [-0.15, -0.1) is 0 Å². The van der Waals surface area contributed by atoms with E-state index in [0.717, 1.165) is 32.7 Å². The molecule has 0 aliphatic heterocycles. The molecular formula is C28H25NO3. The Bertz CT molecular complexity index is 1360. The average Bonchev–Trinajstić information content (AvgIpc) is 2.76. The third-order valence-corrected chi connectivity index (χ3v) is 4.98. The summed E-state index contributed by atoms with van der Waals surface area (Å²) in [6.45, 7) is 9.33. The zero-order chi connectivity index (χ0) is 22.7. The first-order valence-corrected chi connectivity index (χ1v) is 10.4. The second kappa shape index (κ2) is 8.62. The molecule has 4 aromatic rings. The van der Waals surface area contributed by atoms with Crippen LogP contribution in [0, 0.1) is 0 Å². The topological polar surface area (TPSA) is 47.6 Å². The normalized spacial score (nSPS) is 11.1. The molecule has 4 rings (SSSR count). The maximum absolute atomic E-state index is 12.7. The van der Waals surface area contributed by atoms with Crippen LogP contribution in [0.1, 0.15) is 20.8 Å². The van der Waals surface area contributed by atoms with Crippen molar-refractivity contribution >= 4 is 27.6 Å². The molecule has 0 spiro atoms. The highest BCUT2D eigenvalue weighted by Gasteiger charge is 2.22. The Kier molecular flexibility index (Phi) is 5.72. The summed E-state index contributed by atoms with van der Waals surface area (Å²) in [4.78, 5) is 12.7. The van der Waals surface area contributed by atoms with E-state index < -0.39 is 11.6 Å². The van der Waals surface area contributed by atoms with E-state index in [1.807, 2.05) is 93.6 Å². The van der Waals surface area contributed by atoms with Crippen molar-refractivity contribution in [2.24, 2.45) is 0 Å². The smallest absolute Gasteiger partial charge is 0.413 e. The number of benzene rings is 4. The van der Waals surface area contributed by atoms with E-state index in [1.165, 1.54) is 6.26 Å². The molecule has 160 valence electrons. The van der Waals surface area contributed by atoms with Gasteiger partial charge in [0.15, 0.2) is 0 Å². The fourth-order valence-corrected chi connectivity index (χ4v) is 3.74. The van der Waals surface area contributed by atoms with E-state index >= 15 is 0 Å². The van der Waals surface area contributed by atoms with E-state index in [2.05, 4.69) is 17.6 Å². The number of fused-ring (bicyclic) bond motifs is 2. The van der Waals surface area contributed by atoms with Crippen molar-refractivity contribution in [1.29, 1.82) is 0 Å². The van der Waals surface area contributed by atoms with Gasteiger partial charge in [0.25, 0.3) is 0 Å². The molecule has 4 nitrogen and oxygen atoms in total. The summed E-state index contributed by atoms with van der Waals surface area (Å²) < 4.78 is 11.7. The molecule has 0 unspecified atom stereocenters. The molecular weight excluding hydrogens is 398 g/mol. The zero-order valence-corrected chi connectivity index (χ0v) is 18.4. The van der Waals surface area contributed by atoms with Crippen LogP contribution in [0.2, 0.25) is 0 Å². The van der Waals surface area contributed by atoms with Gasteiger partial charge in [0, 0.05) is 16.7 Å². The number of carbonyl (C=O) groups is 1. The van der Waals surface area contributed by atoms with Crippen LogP contribution in [-0.2, 0) is 0 Å². The van der Waals surface area contributed by atoms with Gasteiger partial charge in [-0.2, -0.15) is 0 Å². The van der Waals surface area contributed by atoms with E-state index in [0.29, 0.717) is 11.5 Å². The molecule has 0 aliphatic rings. The van der Waals surface area contributed by atoms with Crippen molar-refractivity contribution < 1.29 is 14.3 Å². The molecule has 4 heteroatoms. The molecule has 0 aromatic heterocycles. The van der Waals surface area contributed by atoms with Gasteiger partial charge in [-0.25, -0.2) is 4.79 Å². The lowest BCUT2D eigenvalue weighted by atomic mass is 9.92. The maximum Gasteiger partial charge on any atom is 0.413 e. The second-order valence-corrected chi connectivity index (χ2v) is 8.52. The van der Waals surface area contributed by atoms with Gasteiger partial charge in [0.2, 0.25) is 0 Å². The third kappa shape index (κ3) is 4.36. The van der Waals surface area contributed by atoms with Crippen LogP contribution in [0.25, 0.3) is 32.7 Å². The summed E-state index contributed by atoms with van der Waals surface area (Å²) in [7, 11) is 0. The summed E-state index contributed by atoms with van der Waals surface area (Å²) >= 11 is 0. The third-order valence-electron chi connectivity index (χ3n) is 4.98. The van der Waals surface area contributed by atoms with Gasteiger partial charge < -0.3 is 14.8 Å². The highest BCUT2D eigenvalue weighted by Crippen LogP contribution is 2.45. The number of hydrogen-bond donors (Lipinski definition) is 1. The quantitative estimate of drug-likeness (QED) is 0.278. The number of rotatable bonds is 4. The number of nitrogens with one attached hydrogen (secondary N) is 1. The van der Waals surface area contributed by atoms with Crippen LogP contribution < -0.4 is 14.8 Å². The van der Waals surface area contributed by atoms with Gasteiger partial charge in [0.05, 0.1) is 0 Å². The predicted molar refractivity (Wildman–Crippen MR) is 130 cm³/mol. The molecule has 0 saturated carbocycles. The van der Waals surface area contributed by atoms with Crippen molar-refractivity contribution in [3.63, 3.8) is 0 Å². The minimum Gasteiger partial charge on any atom is -0.456 e. The van der Waals surface area contributed by atoms with Crippen LogP contribution in [0.5, 0.6) is 11.5 Å². The number of amides is 1. The summed E-state index contributed by atoms with van der Waals surface area (Å²) in [5, 5.41) is 6.89. The van der Waals surface area contributed by atoms with E-state index in [4.69, 9.17) is 9.47 Å². The molecule has 32 heavy (non-hydrogen) atoms. The monoisotopic (exact) mass is 423 g/mol. The Balaban J connectivity index is 2.02. The lowest BCUT2D eigenvalue weighted by Crippen LogP contribution is -2.42. The molecule has 0 atom stereocenters. The fraction of sp³-hybridized carbons (Fsp3) is 0.143. The number of ether oxygens (including phenoxy) is 2. The zero-order valence-electron chi connectivity index (χ0n) is 18.4. The molecule has 0 aliphatic carbocycles. The van der Waals surface area contributed by atoms with Crippen LogP contribution in [0.3, 0.4) is 0 Å². The first-order chi connectivity index (χ1) is 15.4. The van der Waals surface area contributed by atoms with Crippen molar-refractivity contribution in [1.82, 2.24) is 5.32 Å². The van der Waals surface area contributed by atoms with Gasteiger partial charge in [0.1, 0.15) is 17.8 Å². The Morgan fingerprint density at radius 1 is 0.844 bits per heavy atom. The Hall–Kier alpha value is -4.01. The highest BCUT2D eigenvalue weighted by molar-refractivity contribution is 6.10. The fourth-order valence-electron chi connectivity index (χ4n) is 3.74. The Morgan fingerprint density at radius 3 is 1.94 bits per heavy atom. The van der Waals surface area contributed by atoms with Gasteiger partial charge >= 0.3 is 6.09 Å². The molecule has 0 heterocycles. The SMILES string of the molecule is C=C=COc1ccc2ccccc2c1-c1c(OC(=O)NC(C)(C)C)ccc2ccccc12. The lowest BCUT2D eigenvalue weighted by molar-refractivity contribution is 0.191. The largest absolute Gasteiger partial charge is 0.456 e. The highest BCUT2D eigenvalue weighted by atomic mass is 16.6. The van der Waals surface area contributed by atoms with Gasteiger partial charge in [-0.05, 0) is 54.4 Å². The predicted octanol–water partition coefficient (Wildman–Crippen LogP) is 7.22. The standard InChI is InChI=1S/C28H25NO3/c1-5-18-31-23-16-14-19-10-6-8-12-21(19)25(23)26-22-13-9-7-11-20(22)15-17-24(26)32-27(30)29-28(2,3)4/h6-18H,1H2,2-4H3,(H,29,30). The van der Waals surface area contributed by atoms with Crippen molar-refractivity contribution in [3.05, 3.63) is 91.4 Å². The Morgan fingerprint density at radius 2 is 1.38 bits per heavy atom. The van der Waals surface area contributed by atoms with Crippen LogP contribution in [0.15, 0.2) is 91.4 Å². The van der Waals surface area contributed by atoms with Crippen LogP contribution in [0.4, 0.5) is 4.79 Å². The second-order valence-electron chi connectivity index (χ2n) is 8.52. The van der Waals surface area contributed by atoms with Crippen molar-refractivity contribution in [2.45, 2.75) is 26.3 Å². The van der Waals surface area contributed by atoms with E-state index in [1.54, 1.807) is 0 Å². The Labute approximate surface area is 187 Å². The molecule has 0 fully saturated rings. The molecule has 0 bridgehead atoms. The number of hydrogen-bond acceptors (Lipinski definition) is 3. The van der Waals surface area contributed by atoms with E-state index in [9.17, 15) is 4.79 Å². The minimum atomic E-state index is -0.511. The maximum atomic E-state index is 12.7. The first kappa shape index (κ1) is 21.2. The van der Waals surface area contributed by atoms with Crippen LogP contribution in [-0.4, -0.2) is 11.6 Å². The summed E-state index contributed by atoms with van der Waals surface area (Å²) in [6, 6.07) is 23.8. The molecule has 0 radical (unpaired) electrons. The molecule has 0 saturated heterocycles. The van der Waals surface area contributed by atoms with E-state index in [-0.39, 0.29) is 0 Å². The molecule has 1 amide bonds. The summed E-state index contributed by atoms with van der Waals surface area (Å²) in [5.41, 5.74) is 3.87. The van der Waals surface area contributed by atoms with Gasteiger partial charge in [-0.1, -0.05) is 73.0 Å². The molecule has 1 N–H and O–H groups in total. The van der Waals surface area contributed by atoms with Gasteiger partial charge in [-0.3, -0.25) is 0 Å². The first-order valence-electron chi connectivity index (χ1n) is 10.4. The summed E-state index contributed by atoms with van der Waals surface area (Å²) in [6.07, 6.45) is 0.911. The average molecular weight is 424 g/mol. The van der Waals surface area contributed by atoms with Crippen molar-refractivity contribution in [3.8, 4) is 22.6 Å². The summed E-state index contributed by atoms with van der Waals surface area (Å²) in [5.74, 6) is 1.08. The molecule has 4 aromatic carbocycles. The minimum absolute atomic E-state index is 0.420. The van der Waals surface area contributed by atoms with Crippen LogP contribution >= 0.6 is 0 Å².